The Morgan fingerprint density at radius 1 is 1.03 bits per heavy atom. The Labute approximate surface area is 213 Å². The van der Waals surface area contributed by atoms with Gasteiger partial charge < -0.3 is 19.9 Å². The number of hydrogen-bond acceptors (Lipinski definition) is 4. The largest absolute Gasteiger partial charge is 0.484 e. The number of anilines is 1. The molecule has 35 heavy (non-hydrogen) atoms. The molecule has 7 nitrogen and oxygen atoms in total. The lowest BCUT2D eigenvalue weighted by molar-refractivity contribution is -0.141. The fourth-order valence-corrected chi connectivity index (χ4v) is 4.73. The van der Waals surface area contributed by atoms with E-state index in [1.165, 1.54) is 12.1 Å². The molecule has 2 aromatic rings. The van der Waals surface area contributed by atoms with Crippen LogP contribution in [0.25, 0.3) is 0 Å². The van der Waals surface area contributed by atoms with Gasteiger partial charge in [-0.3, -0.25) is 14.4 Å². The minimum absolute atomic E-state index is 0.00742. The van der Waals surface area contributed by atoms with Gasteiger partial charge in [-0.1, -0.05) is 23.2 Å². The van der Waals surface area contributed by atoms with Crippen LogP contribution in [0.15, 0.2) is 42.5 Å². The highest BCUT2D eigenvalue weighted by molar-refractivity contribution is 6.31. The summed E-state index contributed by atoms with van der Waals surface area (Å²) in [6.45, 7) is 0.738. The maximum absolute atomic E-state index is 13.5. The highest BCUT2D eigenvalue weighted by atomic mass is 35.5. The van der Waals surface area contributed by atoms with E-state index in [1.54, 1.807) is 34.1 Å². The second-order valence-electron chi connectivity index (χ2n) is 8.76. The van der Waals surface area contributed by atoms with E-state index in [4.69, 9.17) is 27.9 Å². The summed E-state index contributed by atoms with van der Waals surface area (Å²) in [6.07, 6.45) is 2.60. The van der Waals surface area contributed by atoms with Crippen molar-refractivity contribution in [2.75, 3.05) is 31.1 Å². The first kappa shape index (κ1) is 25.3. The van der Waals surface area contributed by atoms with Gasteiger partial charge in [-0.2, -0.15) is 0 Å². The minimum atomic E-state index is -0.611. The van der Waals surface area contributed by atoms with E-state index in [0.29, 0.717) is 43.8 Å². The first-order valence-corrected chi connectivity index (χ1v) is 12.3. The van der Waals surface area contributed by atoms with Crippen LogP contribution in [0.4, 0.5) is 10.1 Å². The molecule has 1 aliphatic heterocycles. The predicted octanol–water partition coefficient (Wildman–Crippen LogP) is 4.06. The molecule has 186 valence electrons. The topological polar surface area (TPSA) is 79.0 Å². The average molecular weight is 522 g/mol. The van der Waals surface area contributed by atoms with E-state index in [-0.39, 0.29) is 53.6 Å². The number of rotatable bonds is 6. The number of ether oxygens (including phenoxy) is 1. The van der Waals surface area contributed by atoms with E-state index in [2.05, 4.69) is 5.32 Å². The van der Waals surface area contributed by atoms with Crippen molar-refractivity contribution in [3.05, 3.63) is 58.3 Å². The van der Waals surface area contributed by atoms with Crippen molar-refractivity contribution in [2.45, 2.75) is 31.7 Å². The SMILES string of the molecule is O=C(COc1ccc(Cl)c(F)c1)NC1CCC(C(=O)N2CCN(c3ccc(Cl)cc3)C(=O)C2)CC1. The monoisotopic (exact) mass is 521 g/mol. The Hall–Kier alpha value is -2.84. The number of benzene rings is 2. The summed E-state index contributed by atoms with van der Waals surface area (Å²) in [5.41, 5.74) is 0.771. The molecule has 1 N–H and O–H groups in total. The molecule has 10 heteroatoms. The normalized spacial score (nSPS) is 20.5. The lowest BCUT2D eigenvalue weighted by Crippen LogP contribution is -2.54. The fourth-order valence-electron chi connectivity index (χ4n) is 4.48. The second kappa shape index (κ2) is 11.3. The first-order chi connectivity index (χ1) is 16.8. The summed E-state index contributed by atoms with van der Waals surface area (Å²) in [7, 11) is 0. The number of carbonyl (C=O) groups excluding carboxylic acids is 3. The van der Waals surface area contributed by atoms with Crippen LogP contribution in [-0.2, 0) is 14.4 Å². The smallest absolute Gasteiger partial charge is 0.258 e. The summed E-state index contributed by atoms with van der Waals surface area (Å²) in [6, 6.07) is 11.0. The number of halogens is 3. The average Bonchev–Trinajstić information content (AvgIpc) is 2.85. The number of carbonyl (C=O) groups is 3. The van der Waals surface area contributed by atoms with Crippen molar-refractivity contribution >= 4 is 46.6 Å². The molecule has 1 saturated carbocycles. The van der Waals surface area contributed by atoms with Crippen molar-refractivity contribution in [3.8, 4) is 5.75 Å². The number of nitrogens with one attached hydrogen (secondary N) is 1. The third-order valence-corrected chi connectivity index (χ3v) is 6.93. The third kappa shape index (κ3) is 6.44. The summed E-state index contributed by atoms with van der Waals surface area (Å²) in [5.74, 6) is -0.978. The minimum Gasteiger partial charge on any atom is -0.484 e. The van der Waals surface area contributed by atoms with Crippen molar-refractivity contribution in [1.82, 2.24) is 10.2 Å². The van der Waals surface area contributed by atoms with Gasteiger partial charge in [0.2, 0.25) is 11.8 Å². The second-order valence-corrected chi connectivity index (χ2v) is 9.61. The standard InChI is InChI=1S/C25H26Cl2FN3O4/c26-17-3-7-19(8-4-17)31-12-11-30(14-24(31)33)25(34)16-1-5-18(6-2-16)29-23(32)15-35-20-9-10-21(27)22(28)13-20/h3-4,7-10,13,16,18H,1-2,5-6,11-12,14-15H2,(H,29,32). The van der Waals surface area contributed by atoms with Gasteiger partial charge in [-0.15, -0.1) is 0 Å². The Morgan fingerprint density at radius 2 is 1.74 bits per heavy atom. The van der Waals surface area contributed by atoms with Crippen LogP contribution in [-0.4, -0.2) is 54.9 Å². The molecular formula is C25H26Cl2FN3O4. The zero-order valence-corrected chi connectivity index (χ0v) is 20.5. The summed E-state index contributed by atoms with van der Waals surface area (Å²) >= 11 is 11.6. The van der Waals surface area contributed by atoms with E-state index in [0.717, 1.165) is 11.8 Å². The first-order valence-electron chi connectivity index (χ1n) is 11.5. The van der Waals surface area contributed by atoms with Gasteiger partial charge in [0, 0.05) is 41.8 Å². The predicted molar refractivity (Wildman–Crippen MR) is 131 cm³/mol. The number of hydrogen-bond donors (Lipinski definition) is 1. The molecule has 1 heterocycles. The maximum Gasteiger partial charge on any atom is 0.258 e. The van der Waals surface area contributed by atoms with E-state index < -0.39 is 5.82 Å². The van der Waals surface area contributed by atoms with Gasteiger partial charge >= 0.3 is 0 Å². The molecule has 4 rings (SSSR count). The molecule has 0 atom stereocenters. The molecule has 2 aromatic carbocycles. The zero-order chi connectivity index (χ0) is 24.9. The van der Waals surface area contributed by atoms with Crippen LogP contribution in [0.5, 0.6) is 5.75 Å². The Bertz CT molecular complexity index is 1090. The Kier molecular flexibility index (Phi) is 8.13. The van der Waals surface area contributed by atoms with Crippen LogP contribution in [0.3, 0.4) is 0 Å². The van der Waals surface area contributed by atoms with Gasteiger partial charge in [-0.25, -0.2) is 4.39 Å². The van der Waals surface area contributed by atoms with Crippen molar-refractivity contribution in [1.29, 1.82) is 0 Å². The number of piperazine rings is 1. The van der Waals surface area contributed by atoms with Crippen LogP contribution >= 0.6 is 23.2 Å². The molecule has 3 amide bonds. The van der Waals surface area contributed by atoms with Gasteiger partial charge in [0.15, 0.2) is 6.61 Å². The molecule has 0 aromatic heterocycles. The number of amides is 3. The highest BCUT2D eigenvalue weighted by Gasteiger charge is 2.34. The summed E-state index contributed by atoms with van der Waals surface area (Å²) in [5, 5.41) is 3.50. The fraction of sp³-hybridized carbons (Fsp3) is 0.400. The quantitative estimate of drug-likeness (QED) is 0.621. The summed E-state index contributed by atoms with van der Waals surface area (Å²) < 4.78 is 18.8. The van der Waals surface area contributed by atoms with Crippen LogP contribution < -0.4 is 15.0 Å². The third-order valence-electron chi connectivity index (χ3n) is 6.37. The molecule has 1 saturated heterocycles. The zero-order valence-electron chi connectivity index (χ0n) is 19.0. The Balaban J connectivity index is 1.20. The van der Waals surface area contributed by atoms with Crippen molar-refractivity contribution in [3.63, 3.8) is 0 Å². The van der Waals surface area contributed by atoms with Crippen molar-refractivity contribution < 1.29 is 23.5 Å². The molecule has 0 radical (unpaired) electrons. The molecule has 1 aliphatic carbocycles. The van der Waals surface area contributed by atoms with Crippen molar-refractivity contribution in [2.24, 2.45) is 5.92 Å². The van der Waals surface area contributed by atoms with E-state index in [1.807, 2.05) is 0 Å². The molecule has 0 spiro atoms. The Morgan fingerprint density at radius 3 is 2.40 bits per heavy atom. The molecule has 2 aliphatic rings. The van der Waals surface area contributed by atoms with E-state index >= 15 is 0 Å². The van der Waals surface area contributed by atoms with Crippen LogP contribution in [0.1, 0.15) is 25.7 Å². The molecule has 0 unspecified atom stereocenters. The van der Waals surface area contributed by atoms with Gasteiger partial charge in [-0.05, 0) is 62.1 Å². The lowest BCUT2D eigenvalue weighted by atomic mass is 9.85. The van der Waals surface area contributed by atoms with Crippen LogP contribution in [0, 0.1) is 11.7 Å². The van der Waals surface area contributed by atoms with Gasteiger partial charge in [0.25, 0.3) is 5.91 Å². The molecule has 0 bridgehead atoms. The highest BCUT2D eigenvalue weighted by Crippen LogP contribution is 2.28. The summed E-state index contributed by atoms with van der Waals surface area (Å²) in [4.78, 5) is 41.2. The maximum atomic E-state index is 13.5. The lowest BCUT2D eigenvalue weighted by Gasteiger charge is -2.37. The van der Waals surface area contributed by atoms with Crippen LogP contribution in [0.2, 0.25) is 10.0 Å². The van der Waals surface area contributed by atoms with Gasteiger partial charge in [0.1, 0.15) is 18.1 Å². The van der Waals surface area contributed by atoms with Gasteiger partial charge in [0.05, 0.1) is 5.02 Å². The molecular weight excluding hydrogens is 496 g/mol. The van der Waals surface area contributed by atoms with E-state index in [9.17, 15) is 18.8 Å². The number of nitrogens with zero attached hydrogens (tertiary/aromatic N) is 2. The molecule has 2 fully saturated rings.